The summed E-state index contributed by atoms with van der Waals surface area (Å²) in [6, 6.07) is 16.3. The Balaban J connectivity index is 1.63. The van der Waals surface area contributed by atoms with Gasteiger partial charge in [0.15, 0.2) is 11.5 Å². The normalized spacial score (nSPS) is 11.8. The molecule has 10 heteroatoms. The van der Waals surface area contributed by atoms with E-state index in [2.05, 4.69) is 15.8 Å². The van der Waals surface area contributed by atoms with Gasteiger partial charge in [-0.15, -0.1) is 0 Å². The predicted octanol–water partition coefficient (Wildman–Crippen LogP) is 5.88. The quantitative estimate of drug-likeness (QED) is 0.209. The molecule has 0 fully saturated rings. The molecule has 0 aliphatic carbocycles. The van der Waals surface area contributed by atoms with Crippen molar-refractivity contribution in [3.63, 3.8) is 0 Å². The van der Waals surface area contributed by atoms with Gasteiger partial charge < -0.3 is 19.5 Å². The first-order valence-electron chi connectivity index (χ1n) is 12.3. The number of benzene rings is 3. The van der Waals surface area contributed by atoms with Crippen LogP contribution in [0.25, 0.3) is 0 Å². The lowest BCUT2D eigenvalue weighted by atomic mass is 10.0. The van der Waals surface area contributed by atoms with Gasteiger partial charge in [-0.05, 0) is 73.0 Å². The molecule has 0 saturated heterocycles. The number of halogens is 2. The van der Waals surface area contributed by atoms with Crippen molar-refractivity contribution in [1.29, 1.82) is 0 Å². The Morgan fingerprint density at radius 1 is 0.974 bits per heavy atom. The average molecular weight is 572 g/mol. The van der Waals surface area contributed by atoms with Crippen molar-refractivity contribution in [1.82, 2.24) is 10.7 Å². The van der Waals surface area contributed by atoms with Gasteiger partial charge in [0.1, 0.15) is 18.4 Å². The van der Waals surface area contributed by atoms with Gasteiger partial charge in [-0.3, -0.25) is 9.59 Å². The third kappa shape index (κ3) is 8.63. The molecule has 0 aliphatic heterocycles. The summed E-state index contributed by atoms with van der Waals surface area (Å²) in [6.45, 7) is 6.21. The molecule has 39 heavy (non-hydrogen) atoms. The number of ether oxygens (including phenoxy) is 3. The van der Waals surface area contributed by atoms with Gasteiger partial charge in [-0.2, -0.15) is 5.10 Å². The number of hydrogen-bond donors (Lipinski definition) is 2. The van der Waals surface area contributed by atoms with Crippen LogP contribution >= 0.6 is 23.2 Å². The number of hydrogen-bond acceptors (Lipinski definition) is 6. The summed E-state index contributed by atoms with van der Waals surface area (Å²) in [7, 11) is 1.55. The highest BCUT2D eigenvalue weighted by Crippen LogP contribution is 2.30. The molecule has 0 radical (unpaired) electrons. The molecule has 0 aliphatic rings. The van der Waals surface area contributed by atoms with E-state index in [1.54, 1.807) is 67.8 Å². The zero-order chi connectivity index (χ0) is 28.4. The molecule has 1 unspecified atom stereocenters. The van der Waals surface area contributed by atoms with Crippen molar-refractivity contribution in [2.75, 3.05) is 13.7 Å². The maximum Gasteiger partial charge on any atom is 0.262 e. The lowest BCUT2D eigenvalue weighted by Crippen LogP contribution is -2.48. The van der Waals surface area contributed by atoms with Gasteiger partial charge in [-0.25, -0.2) is 5.43 Å². The van der Waals surface area contributed by atoms with Crippen molar-refractivity contribution in [2.45, 2.75) is 33.4 Å². The topological polar surface area (TPSA) is 98.2 Å². The molecule has 0 spiro atoms. The molecule has 0 aromatic heterocycles. The highest BCUT2D eigenvalue weighted by atomic mass is 35.5. The zero-order valence-electron chi connectivity index (χ0n) is 22.2. The Labute approximate surface area is 238 Å². The van der Waals surface area contributed by atoms with Crippen LogP contribution in [0.15, 0.2) is 65.8 Å². The number of methoxy groups -OCH3 is 1. The van der Waals surface area contributed by atoms with E-state index in [-0.39, 0.29) is 18.4 Å². The second-order valence-corrected chi connectivity index (χ2v) is 9.67. The summed E-state index contributed by atoms with van der Waals surface area (Å²) >= 11 is 12.2. The maximum atomic E-state index is 12.8. The minimum Gasteiger partial charge on any atom is -0.497 e. The third-order valence-corrected chi connectivity index (χ3v) is 6.23. The number of nitrogens with one attached hydrogen (secondary N) is 2. The van der Waals surface area contributed by atoms with E-state index in [0.29, 0.717) is 45.0 Å². The molecule has 3 aromatic carbocycles. The monoisotopic (exact) mass is 571 g/mol. The Morgan fingerprint density at radius 2 is 1.72 bits per heavy atom. The lowest BCUT2D eigenvalue weighted by Gasteiger charge is -2.20. The van der Waals surface area contributed by atoms with Crippen LogP contribution in [-0.2, 0) is 11.4 Å². The standard InChI is InChI=1S/C29H31Cl2N3O5/c1-5-38-26-14-19(6-13-25(26)39-17-21-7-10-22(30)15-24(21)31)16-32-34-29(36)27(18(2)3)33-28(35)20-8-11-23(37-4)12-9-20/h6-16,18,27H,5,17H2,1-4H3,(H,33,35)(H,34,36). The van der Waals surface area contributed by atoms with Crippen molar-refractivity contribution in [2.24, 2.45) is 11.0 Å². The highest BCUT2D eigenvalue weighted by Gasteiger charge is 2.24. The van der Waals surface area contributed by atoms with Gasteiger partial charge >= 0.3 is 0 Å². The highest BCUT2D eigenvalue weighted by molar-refractivity contribution is 6.35. The van der Waals surface area contributed by atoms with Crippen LogP contribution in [0.3, 0.4) is 0 Å². The minimum atomic E-state index is -0.786. The Bertz CT molecular complexity index is 1310. The first-order chi connectivity index (χ1) is 18.7. The smallest absolute Gasteiger partial charge is 0.262 e. The first-order valence-corrected chi connectivity index (χ1v) is 13.1. The fourth-order valence-corrected chi connectivity index (χ4v) is 3.99. The molecule has 206 valence electrons. The van der Waals surface area contributed by atoms with Crippen molar-refractivity contribution < 1.29 is 23.8 Å². The maximum absolute atomic E-state index is 12.8. The van der Waals surface area contributed by atoms with Crippen LogP contribution in [0, 0.1) is 5.92 Å². The third-order valence-electron chi connectivity index (χ3n) is 5.64. The molecule has 0 saturated carbocycles. The van der Waals surface area contributed by atoms with Crippen LogP contribution in [0.4, 0.5) is 0 Å². The van der Waals surface area contributed by atoms with Gasteiger partial charge in [0, 0.05) is 21.2 Å². The minimum absolute atomic E-state index is 0.169. The van der Waals surface area contributed by atoms with Gasteiger partial charge in [-0.1, -0.05) is 43.1 Å². The number of carbonyl (C=O) groups is 2. The molecule has 3 aromatic rings. The van der Waals surface area contributed by atoms with Crippen molar-refractivity contribution in [3.05, 3.63) is 87.4 Å². The van der Waals surface area contributed by atoms with E-state index in [4.69, 9.17) is 37.4 Å². The Morgan fingerprint density at radius 3 is 2.36 bits per heavy atom. The van der Waals surface area contributed by atoms with E-state index in [9.17, 15) is 9.59 Å². The summed E-state index contributed by atoms with van der Waals surface area (Å²) in [4.78, 5) is 25.5. The average Bonchev–Trinajstić information content (AvgIpc) is 2.92. The van der Waals surface area contributed by atoms with Crippen LogP contribution < -0.4 is 25.0 Å². The van der Waals surface area contributed by atoms with E-state index in [0.717, 1.165) is 5.56 Å². The number of rotatable bonds is 12. The van der Waals surface area contributed by atoms with E-state index in [1.165, 1.54) is 6.21 Å². The summed E-state index contributed by atoms with van der Waals surface area (Å²) in [6.07, 6.45) is 1.49. The zero-order valence-corrected chi connectivity index (χ0v) is 23.7. The second kappa shape index (κ2) is 14.4. The molecule has 0 heterocycles. The second-order valence-electron chi connectivity index (χ2n) is 8.82. The van der Waals surface area contributed by atoms with Crippen LogP contribution in [-0.4, -0.2) is 37.8 Å². The molecule has 8 nitrogen and oxygen atoms in total. The molecule has 2 N–H and O–H groups in total. The molecule has 1 atom stereocenters. The fourth-order valence-electron chi connectivity index (χ4n) is 3.53. The van der Waals surface area contributed by atoms with Gasteiger partial charge in [0.2, 0.25) is 0 Å². The van der Waals surface area contributed by atoms with Crippen LogP contribution in [0.1, 0.15) is 42.3 Å². The van der Waals surface area contributed by atoms with E-state index in [1.807, 2.05) is 20.8 Å². The summed E-state index contributed by atoms with van der Waals surface area (Å²) < 4.78 is 16.8. The van der Waals surface area contributed by atoms with E-state index < -0.39 is 11.9 Å². The molecule has 0 bridgehead atoms. The molecular formula is C29H31Cl2N3O5. The lowest BCUT2D eigenvalue weighted by molar-refractivity contribution is -0.123. The molecular weight excluding hydrogens is 541 g/mol. The van der Waals surface area contributed by atoms with E-state index >= 15 is 0 Å². The van der Waals surface area contributed by atoms with Crippen LogP contribution in [0.5, 0.6) is 17.2 Å². The summed E-state index contributed by atoms with van der Waals surface area (Å²) in [5.41, 5.74) is 4.40. The predicted molar refractivity (Wildman–Crippen MR) is 153 cm³/mol. The Kier molecular flexibility index (Phi) is 11.0. The van der Waals surface area contributed by atoms with Crippen molar-refractivity contribution >= 4 is 41.2 Å². The molecule has 3 rings (SSSR count). The first kappa shape index (κ1) is 29.8. The summed E-state index contributed by atoms with van der Waals surface area (Å²) in [5.74, 6) is 0.713. The fraction of sp³-hybridized carbons (Fsp3) is 0.276. The Hall–Kier alpha value is -3.75. The largest absolute Gasteiger partial charge is 0.497 e. The summed E-state index contributed by atoms with van der Waals surface area (Å²) in [5, 5.41) is 7.90. The number of nitrogens with zero attached hydrogens (tertiary/aromatic N) is 1. The number of amides is 2. The SMILES string of the molecule is CCOc1cc(C=NNC(=O)C(NC(=O)c2ccc(OC)cc2)C(C)C)ccc1OCc1ccc(Cl)cc1Cl. The molecule has 2 amide bonds. The van der Waals surface area contributed by atoms with Gasteiger partial charge in [0.05, 0.1) is 19.9 Å². The number of hydrazone groups is 1. The van der Waals surface area contributed by atoms with Gasteiger partial charge in [0.25, 0.3) is 11.8 Å². The number of carbonyl (C=O) groups excluding carboxylic acids is 2. The van der Waals surface area contributed by atoms with Crippen molar-refractivity contribution in [3.8, 4) is 17.2 Å². The van der Waals surface area contributed by atoms with Crippen LogP contribution in [0.2, 0.25) is 10.0 Å².